The highest BCUT2D eigenvalue weighted by molar-refractivity contribution is 5.62. The molecule has 170 valence electrons. The van der Waals surface area contributed by atoms with Crippen LogP contribution in [0.4, 0.5) is 0 Å². The van der Waals surface area contributed by atoms with Crippen molar-refractivity contribution in [3.63, 3.8) is 0 Å². The Hall–Kier alpha value is -4.00. The Labute approximate surface area is 197 Å². The molecule has 0 saturated carbocycles. The quantitative estimate of drug-likeness (QED) is 0.469. The van der Waals surface area contributed by atoms with Crippen molar-refractivity contribution in [2.45, 2.75) is 25.3 Å². The van der Waals surface area contributed by atoms with E-state index in [9.17, 15) is 5.26 Å². The minimum atomic E-state index is -0.708. The minimum absolute atomic E-state index is 0.245. The maximum atomic E-state index is 9.44. The first kappa shape index (κ1) is 21.8. The Morgan fingerprint density at radius 1 is 1.03 bits per heavy atom. The highest BCUT2D eigenvalue weighted by Crippen LogP contribution is 2.28. The van der Waals surface area contributed by atoms with Crippen LogP contribution in [-0.4, -0.2) is 44.8 Å². The molecule has 9 nitrogen and oxygen atoms in total. The van der Waals surface area contributed by atoms with Crippen LogP contribution in [0.1, 0.15) is 31.1 Å². The molecule has 4 heterocycles. The van der Waals surface area contributed by atoms with Crippen molar-refractivity contribution in [3.8, 4) is 40.4 Å². The SMILES string of the molecule is CC(C)(C#N)c1cc(-c2cncc(-c3nnc(-c4cccc(C5CNCCN5)c4)o3)n2)ccn1. The predicted octanol–water partition coefficient (Wildman–Crippen LogP) is 3.29. The second-order valence-corrected chi connectivity index (χ2v) is 8.70. The summed E-state index contributed by atoms with van der Waals surface area (Å²) < 4.78 is 5.97. The second-order valence-electron chi connectivity index (χ2n) is 8.70. The Bertz CT molecular complexity index is 1350. The van der Waals surface area contributed by atoms with Crippen LogP contribution in [0.25, 0.3) is 34.3 Å². The molecule has 1 unspecified atom stereocenters. The van der Waals surface area contributed by atoms with E-state index in [1.807, 2.05) is 38.1 Å². The van der Waals surface area contributed by atoms with Gasteiger partial charge in [0.15, 0.2) is 0 Å². The van der Waals surface area contributed by atoms with E-state index >= 15 is 0 Å². The van der Waals surface area contributed by atoms with Crippen molar-refractivity contribution in [3.05, 3.63) is 66.2 Å². The molecule has 0 radical (unpaired) electrons. The van der Waals surface area contributed by atoms with E-state index in [0.29, 0.717) is 28.9 Å². The molecule has 0 aliphatic carbocycles. The lowest BCUT2D eigenvalue weighted by atomic mass is 9.90. The number of nitrogens with one attached hydrogen (secondary N) is 2. The molecule has 1 atom stereocenters. The fourth-order valence-corrected chi connectivity index (χ4v) is 3.82. The van der Waals surface area contributed by atoms with Gasteiger partial charge in [-0.1, -0.05) is 12.1 Å². The third-order valence-corrected chi connectivity index (χ3v) is 5.83. The molecule has 9 heteroatoms. The molecule has 1 saturated heterocycles. The summed E-state index contributed by atoms with van der Waals surface area (Å²) in [5, 5.41) is 24.8. The van der Waals surface area contributed by atoms with Crippen molar-refractivity contribution in [2.75, 3.05) is 19.6 Å². The van der Waals surface area contributed by atoms with Gasteiger partial charge in [0, 0.05) is 43.0 Å². The van der Waals surface area contributed by atoms with Gasteiger partial charge in [0.1, 0.15) is 5.69 Å². The highest BCUT2D eigenvalue weighted by Gasteiger charge is 2.22. The Morgan fingerprint density at radius 3 is 2.71 bits per heavy atom. The highest BCUT2D eigenvalue weighted by atomic mass is 16.4. The maximum absolute atomic E-state index is 9.44. The van der Waals surface area contributed by atoms with Gasteiger partial charge >= 0.3 is 0 Å². The number of benzene rings is 1. The van der Waals surface area contributed by atoms with Gasteiger partial charge in [-0.3, -0.25) is 9.97 Å². The monoisotopic (exact) mass is 452 g/mol. The zero-order valence-electron chi connectivity index (χ0n) is 19.0. The van der Waals surface area contributed by atoms with Gasteiger partial charge in [-0.25, -0.2) is 4.98 Å². The lowest BCUT2D eigenvalue weighted by molar-refractivity contribution is 0.430. The first-order chi connectivity index (χ1) is 16.5. The average molecular weight is 453 g/mol. The molecule has 0 bridgehead atoms. The molecule has 5 rings (SSSR count). The van der Waals surface area contributed by atoms with Crippen LogP contribution in [-0.2, 0) is 5.41 Å². The van der Waals surface area contributed by atoms with Crippen molar-refractivity contribution in [1.82, 2.24) is 35.8 Å². The zero-order chi connectivity index (χ0) is 23.5. The van der Waals surface area contributed by atoms with Gasteiger partial charge in [-0.05, 0) is 43.7 Å². The fourth-order valence-electron chi connectivity index (χ4n) is 3.82. The van der Waals surface area contributed by atoms with Crippen molar-refractivity contribution in [1.29, 1.82) is 5.26 Å². The van der Waals surface area contributed by atoms with E-state index in [1.54, 1.807) is 18.6 Å². The van der Waals surface area contributed by atoms with Gasteiger partial charge in [-0.2, -0.15) is 5.26 Å². The largest absolute Gasteiger partial charge is 0.415 e. The molecule has 3 aromatic heterocycles. The molecule has 1 fully saturated rings. The number of nitriles is 1. The van der Waals surface area contributed by atoms with E-state index in [4.69, 9.17) is 4.42 Å². The maximum Gasteiger partial charge on any atom is 0.268 e. The third kappa shape index (κ3) is 4.41. The molecular weight excluding hydrogens is 428 g/mol. The van der Waals surface area contributed by atoms with E-state index in [0.717, 1.165) is 30.8 Å². The van der Waals surface area contributed by atoms with Crippen LogP contribution in [0, 0.1) is 11.3 Å². The van der Waals surface area contributed by atoms with Crippen LogP contribution in [0.15, 0.2) is 59.4 Å². The second kappa shape index (κ2) is 9.09. The number of nitrogens with zero attached hydrogens (tertiary/aromatic N) is 6. The summed E-state index contributed by atoms with van der Waals surface area (Å²) in [6, 6.07) is 14.3. The normalized spacial score (nSPS) is 16.2. The summed E-state index contributed by atoms with van der Waals surface area (Å²) in [6.45, 7) is 6.44. The summed E-state index contributed by atoms with van der Waals surface area (Å²) in [7, 11) is 0. The fraction of sp³-hybridized carbons (Fsp3) is 0.280. The predicted molar refractivity (Wildman–Crippen MR) is 126 cm³/mol. The third-order valence-electron chi connectivity index (χ3n) is 5.83. The molecule has 0 amide bonds. The minimum Gasteiger partial charge on any atom is -0.415 e. The van der Waals surface area contributed by atoms with Crippen LogP contribution in [0.5, 0.6) is 0 Å². The number of rotatable bonds is 5. The van der Waals surface area contributed by atoms with Crippen LogP contribution in [0.2, 0.25) is 0 Å². The van der Waals surface area contributed by atoms with Crippen LogP contribution in [0.3, 0.4) is 0 Å². The molecule has 2 N–H and O–H groups in total. The number of hydrogen-bond donors (Lipinski definition) is 2. The first-order valence-corrected chi connectivity index (χ1v) is 11.1. The Balaban J connectivity index is 1.42. The zero-order valence-corrected chi connectivity index (χ0v) is 19.0. The molecule has 1 aliphatic heterocycles. The van der Waals surface area contributed by atoms with E-state index in [2.05, 4.69) is 54.0 Å². The lowest BCUT2D eigenvalue weighted by Gasteiger charge is -2.25. The summed E-state index contributed by atoms with van der Waals surface area (Å²) >= 11 is 0. The molecular formula is C25H24N8O. The average Bonchev–Trinajstić information content (AvgIpc) is 3.40. The van der Waals surface area contributed by atoms with Gasteiger partial charge < -0.3 is 15.1 Å². The number of aromatic nitrogens is 5. The van der Waals surface area contributed by atoms with Crippen LogP contribution >= 0.6 is 0 Å². The van der Waals surface area contributed by atoms with E-state index in [1.165, 1.54) is 5.56 Å². The van der Waals surface area contributed by atoms with Gasteiger partial charge in [0.05, 0.1) is 35.3 Å². The summed E-state index contributed by atoms with van der Waals surface area (Å²) in [5.41, 5.74) is 3.90. The first-order valence-electron chi connectivity index (χ1n) is 11.1. The lowest BCUT2D eigenvalue weighted by Crippen LogP contribution is -2.42. The van der Waals surface area contributed by atoms with Gasteiger partial charge in [0.25, 0.3) is 5.89 Å². The van der Waals surface area contributed by atoms with E-state index < -0.39 is 5.41 Å². The van der Waals surface area contributed by atoms with Crippen molar-refractivity contribution < 1.29 is 4.42 Å². The summed E-state index contributed by atoms with van der Waals surface area (Å²) in [6.07, 6.45) is 4.93. The van der Waals surface area contributed by atoms with Gasteiger partial charge in [-0.15, -0.1) is 10.2 Å². The van der Waals surface area contributed by atoms with Crippen LogP contribution < -0.4 is 10.6 Å². The van der Waals surface area contributed by atoms with Gasteiger partial charge in [0.2, 0.25) is 5.89 Å². The standard InChI is InChI=1S/C25H24N8O/c1-25(2,15-26)22-11-17(6-7-30-22)20-13-28-14-21(31-20)24-33-32-23(34-24)18-5-3-4-16(10-18)19-12-27-8-9-29-19/h3-7,10-11,13-14,19,27,29H,8-9,12H2,1-2H3. The Kier molecular flexibility index (Phi) is 5.84. The number of pyridine rings is 1. The molecule has 4 aromatic rings. The van der Waals surface area contributed by atoms with Crippen molar-refractivity contribution in [2.24, 2.45) is 0 Å². The smallest absolute Gasteiger partial charge is 0.268 e. The molecule has 1 aliphatic rings. The molecule has 34 heavy (non-hydrogen) atoms. The number of piperazine rings is 1. The Morgan fingerprint density at radius 2 is 1.88 bits per heavy atom. The van der Waals surface area contributed by atoms with Crippen molar-refractivity contribution >= 4 is 0 Å². The number of hydrogen-bond acceptors (Lipinski definition) is 9. The summed E-state index contributed by atoms with van der Waals surface area (Å²) in [4.78, 5) is 13.3. The van der Waals surface area contributed by atoms with E-state index in [-0.39, 0.29) is 6.04 Å². The molecule has 1 aromatic carbocycles. The summed E-state index contributed by atoms with van der Waals surface area (Å²) in [5.74, 6) is 0.716. The molecule has 0 spiro atoms. The topological polar surface area (TPSA) is 125 Å².